The van der Waals surface area contributed by atoms with E-state index in [2.05, 4.69) is 5.32 Å². The van der Waals surface area contributed by atoms with Gasteiger partial charge in [0.25, 0.3) is 0 Å². The molecule has 0 bridgehead atoms. The van der Waals surface area contributed by atoms with Crippen molar-refractivity contribution >= 4 is 21.6 Å². The van der Waals surface area contributed by atoms with Crippen molar-refractivity contribution in [2.45, 2.75) is 38.8 Å². The van der Waals surface area contributed by atoms with E-state index >= 15 is 0 Å². The molecule has 1 amide bonds. The van der Waals surface area contributed by atoms with Gasteiger partial charge in [-0.15, -0.1) is 0 Å². The number of carbonyl (C=O) groups excluding carboxylic acids is 1. The molecule has 8 heteroatoms. The minimum atomic E-state index is -3.63. The molecule has 0 aromatic heterocycles. The van der Waals surface area contributed by atoms with Crippen LogP contribution in [-0.2, 0) is 14.8 Å². The summed E-state index contributed by atoms with van der Waals surface area (Å²) >= 11 is 0. The van der Waals surface area contributed by atoms with Crippen molar-refractivity contribution in [3.8, 4) is 11.5 Å². The van der Waals surface area contributed by atoms with Gasteiger partial charge in [0.1, 0.15) is 23.6 Å². The number of benzene rings is 2. The van der Waals surface area contributed by atoms with Crippen molar-refractivity contribution in [3.05, 3.63) is 53.6 Å². The fourth-order valence-electron chi connectivity index (χ4n) is 3.57. The average molecular weight is 433 g/mol. The Labute approximate surface area is 178 Å². The van der Waals surface area contributed by atoms with E-state index in [1.54, 1.807) is 25.3 Å². The molecule has 1 N–H and O–H groups in total. The number of aryl methyl sites for hydroxylation is 1. The first kappa shape index (κ1) is 22.0. The van der Waals surface area contributed by atoms with Gasteiger partial charge in [-0.25, -0.2) is 8.42 Å². The average Bonchev–Trinajstić information content (AvgIpc) is 2.64. The second-order valence-corrected chi connectivity index (χ2v) is 10.1. The molecule has 162 valence electrons. The van der Waals surface area contributed by atoms with Crippen molar-refractivity contribution in [2.75, 3.05) is 24.2 Å². The van der Waals surface area contributed by atoms with Gasteiger partial charge in [-0.05, 0) is 45.0 Å². The van der Waals surface area contributed by atoms with Gasteiger partial charge in [-0.1, -0.05) is 17.7 Å². The summed E-state index contributed by atoms with van der Waals surface area (Å²) in [5, 5.41) is 2.99. The monoisotopic (exact) mass is 432 g/mol. The molecular weight excluding hydrogens is 404 g/mol. The van der Waals surface area contributed by atoms with Crippen LogP contribution in [0.2, 0.25) is 0 Å². The molecular formula is C22H28N2O5S. The van der Waals surface area contributed by atoms with Crippen molar-refractivity contribution in [1.82, 2.24) is 5.32 Å². The standard InChI is InChI=1S/C22H28N2O5S/c1-15-6-8-16(9-7-15)24(30(5,26)27)14-21(25)23-19-13-22(2,3)29-20-12-17(28-4)10-11-18(19)20/h6-12,19H,13-14H2,1-5H3,(H,23,25)/t19-/m1/s1. The first-order valence-electron chi connectivity index (χ1n) is 9.69. The Morgan fingerprint density at radius 2 is 1.90 bits per heavy atom. The number of sulfonamides is 1. The van der Waals surface area contributed by atoms with Crippen LogP contribution in [0.3, 0.4) is 0 Å². The normalized spacial score (nSPS) is 17.4. The summed E-state index contributed by atoms with van der Waals surface area (Å²) < 4.78 is 37.1. The molecule has 0 unspecified atom stereocenters. The van der Waals surface area contributed by atoms with E-state index in [1.165, 1.54) is 0 Å². The molecule has 2 aromatic rings. The first-order valence-corrected chi connectivity index (χ1v) is 11.5. The highest BCUT2D eigenvalue weighted by Gasteiger charge is 2.35. The first-order chi connectivity index (χ1) is 14.0. The molecule has 1 aliphatic rings. The number of nitrogens with zero attached hydrogens (tertiary/aromatic N) is 1. The summed E-state index contributed by atoms with van der Waals surface area (Å²) in [6.07, 6.45) is 1.65. The summed E-state index contributed by atoms with van der Waals surface area (Å²) in [5.41, 5.74) is 1.80. The van der Waals surface area contributed by atoms with Gasteiger partial charge < -0.3 is 14.8 Å². The van der Waals surface area contributed by atoms with E-state index < -0.39 is 15.6 Å². The Morgan fingerprint density at radius 3 is 2.50 bits per heavy atom. The van der Waals surface area contributed by atoms with E-state index in [-0.39, 0.29) is 18.5 Å². The van der Waals surface area contributed by atoms with Crippen molar-refractivity contribution < 1.29 is 22.7 Å². The molecule has 0 saturated carbocycles. The van der Waals surface area contributed by atoms with Gasteiger partial charge in [0.15, 0.2) is 0 Å². The number of anilines is 1. The Bertz CT molecular complexity index is 1030. The van der Waals surface area contributed by atoms with Crippen molar-refractivity contribution in [2.24, 2.45) is 0 Å². The predicted octanol–water partition coefficient (Wildman–Crippen LogP) is 3.19. The summed E-state index contributed by atoms with van der Waals surface area (Å²) in [5.74, 6) is 0.930. The van der Waals surface area contributed by atoms with Gasteiger partial charge in [0.05, 0.1) is 25.1 Å². The zero-order chi connectivity index (χ0) is 22.1. The number of hydrogen-bond donors (Lipinski definition) is 1. The minimum Gasteiger partial charge on any atom is -0.497 e. The summed E-state index contributed by atoms with van der Waals surface area (Å²) in [7, 11) is -2.04. The van der Waals surface area contributed by atoms with Crippen molar-refractivity contribution in [3.63, 3.8) is 0 Å². The quantitative estimate of drug-likeness (QED) is 0.758. The van der Waals surface area contributed by atoms with Crippen LogP contribution < -0.4 is 19.1 Å². The molecule has 7 nitrogen and oxygen atoms in total. The lowest BCUT2D eigenvalue weighted by molar-refractivity contribution is -0.120. The summed E-state index contributed by atoms with van der Waals surface area (Å²) in [6, 6.07) is 12.2. The lowest BCUT2D eigenvalue weighted by Gasteiger charge is -2.38. The largest absolute Gasteiger partial charge is 0.497 e. The highest BCUT2D eigenvalue weighted by atomic mass is 32.2. The number of nitrogens with one attached hydrogen (secondary N) is 1. The highest BCUT2D eigenvalue weighted by molar-refractivity contribution is 7.92. The van der Waals surface area contributed by atoms with E-state index in [1.807, 2.05) is 45.0 Å². The number of fused-ring (bicyclic) bond motifs is 1. The van der Waals surface area contributed by atoms with Crippen LogP contribution in [-0.4, -0.2) is 39.8 Å². The molecule has 1 heterocycles. The maximum atomic E-state index is 12.9. The number of rotatable bonds is 6. The van der Waals surface area contributed by atoms with Gasteiger partial charge in [0, 0.05) is 18.1 Å². The molecule has 0 aliphatic carbocycles. The van der Waals surface area contributed by atoms with Crippen LogP contribution in [0.15, 0.2) is 42.5 Å². The van der Waals surface area contributed by atoms with Gasteiger partial charge in [-0.3, -0.25) is 9.10 Å². The zero-order valence-electron chi connectivity index (χ0n) is 17.9. The molecule has 3 rings (SSSR count). The third kappa shape index (κ3) is 5.05. The van der Waals surface area contributed by atoms with Crippen LogP contribution >= 0.6 is 0 Å². The molecule has 30 heavy (non-hydrogen) atoms. The van der Waals surface area contributed by atoms with Crippen LogP contribution in [0.1, 0.15) is 37.4 Å². The minimum absolute atomic E-state index is 0.300. The third-order valence-electron chi connectivity index (χ3n) is 5.02. The summed E-state index contributed by atoms with van der Waals surface area (Å²) in [4.78, 5) is 12.9. The van der Waals surface area contributed by atoms with Crippen molar-refractivity contribution in [1.29, 1.82) is 0 Å². The van der Waals surface area contributed by atoms with Gasteiger partial charge in [-0.2, -0.15) is 0 Å². The third-order valence-corrected chi connectivity index (χ3v) is 6.16. The zero-order valence-corrected chi connectivity index (χ0v) is 18.7. The smallest absolute Gasteiger partial charge is 0.241 e. The lowest BCUT2D eigenvalue weighted by Crippen LogP contribution is -2.45. The Morgan fingerprint density at radius 1 is 1.23 bits per heavy atom. The Kier molecular flexibility index (Phi) is 5.99. The molecule has 0 saturated heterocycles. The predicted molar refractivity (Wildman–Crippen MR) is 117 cm³/mol. The molecule has 1 atom stereocenters. The lowest BCUT2D eigenvalue weighted by atomic mass is 9.89. The van der Waals surface area contributed by atoms with E-state index in [9.17, 15) is 13.2 Å². The van der Waals surface area contributed by atoms with Gasteiger partial charge >= 0.3 is 0 Å². The maximum Gasteiger partial charge on any atom is 0.241 e. The fraction of sp³-hybridized carbons (Fsp3) is 0.409. The molecule has 0 spiro atoms. The van der Waals surface area contributed by atoms with Crippen LogP contribution in [0.5, 0.6) is 11.5 Å². The van der Waals surface area contributed by atoms with Gasteiger partial charge in [0.2, 0.25) is 15.9 Å². The molecule has 0 fully saturated rings. The highest BCUT2D eigenvalue weighted by Crippen LogP contribution is 2.41. The fourth-order valence-corrected chi connectivity index (χ4v) is 4.43. The number of carbonyl (C=O) groups is 1. The van der Waals surface area contributed by atoms with Crippen LogP contribution in [0, 0.1) is 6.92 Å². The summed E-state index contributed by atoms with van der Waals surface area (Å²) in [6.45, 7) is 5.51. The topological polar surface area (TPSA) is 84.9 Å². The molecule has 0 radical (unpaired) electrons. The second-order valence-electron chi connectivity index (χ2n) is 8.19. The Hall–Kier alpha value is -2.74. The number of hydrogen-bond acceptors (Lipinski definition) is 5. The van der Waals surface area contributed by atoms with Crippen LogP contribution in [0.25, 0.3) is 0 Å². The van der Waals surface area contributed by atoms with E-state index in [0.29, 0.717) is 23.6 Å². The molecule has 2 aromatic carbocycles. The maximum absolute atomic E-state index is 12.9. The number of amides is 1. The SMILES string of the molecule is COc1ccc2c(c1)OC(C)(C)C[C@H]2NC(=O)CN(c1ccc(C)cc1)S(C)(=O)=O. The number of methoxy groups -OCH3 is 1. The van der Waals surface area contributed by atoms with E-state index in [0.717, 1.165) is 21.7 Å². The Balaban J connectivity index is 1.83. The second kappa shape index (κ2) is 8.18. The molecule has 1 aliphatic heterocycles. The van der Waals surface area contributed by atoms with Crippen LogP contribution in [0.4, 0.5) is 5.69 Å². The number of ether oxygens (including phenoxy) is 2. The van der Waals surface area contributed by atoms with E-state index in [4.69, 9.17) is 9.47 Å².